The molecule has 2 aromatic carbocycles. The second-order valence-electron chi connectivity index (χ2n) is 12.0. The van der Waals surface area contributed by atoms with Crippen LogP contribution in [0.3, 0.4) is 0 Å². The van der Waals surface area contributed by atoms with Gasteiger partial charge in [0.1, 0.15) is 0 Å². The Morgan fingerprint density at radius 1 is 1.05 bits per heavy atom. The van der Waals surface area contributed by atoms with Gasteiger partial charge < -0.3 is 20.8 Å². The fraction of sp³-hybridized carbons (Fsp3) is 0.548. The van der Waals surface area contributed by atoms with Crippen LogP contribution in [0.15, 0.2) is 54.6 Å². The number of piperidine rings is 1. The van der Waals surface area contributed by atoms with Crippen molar-refractivity contribution in [1.82, 2.24) is 15.5 Å². The third-order valence-electron chi connectivity index (χ3n) is 7.61. The van der Waals surface area contributed by atoms with Crippen LogP contribution < -0.4 is 10.6 Å². The van der Waals surface area contributed by atoms with Crippen LogP contribution in [0.4, 0.5) is 0 Å². The fourth-order valence-corrected chi connectivity index (χ4v) is 5.83. The molecule has 1 fully saturated rings. The summed E-state index contributed by atoms with van der Waals surface area (Å²) in [6, 6.07) is 16.9. The average molecular weight is 522 g/mol. The van der Waals surface area contributed by atoms with Crippen LogP contribution in [0.25, 0.3) is 0 Å². The zero-order valence-electron chi connectivity index (χ0n) is 22.9. The van der Waals surface area contributed by atoms with E-state index in [4.69, 9.17) is 0 Å². The van der Waals surface area contributed by atoms with E-state index < -0.39 is 24.2 Å². The first kappa shape index (κ1) is 28.3. The summed E-state index contributed by atoms with van der Waals surface area (Å²) < 4.78 is 0. The molecule has 2 aromatic rings. The van der Waals surface area contributed by atoms with E-state index in [1.807, 2.05) is 75.4 Å². The lowest BCUT2D eigenvalue weighted by atomic mass is 9.91. The number of nitrogens with zero attached hydrogens (tertiary/aromatic N) is 1. The second-order valence-corrected chi connectivity index (χ2v) is 12.0. The summed E-state index contributed by atoms with van der Waals surface area (Å²) in [6.45, 7) is 7.01. The van der Waals surface area contributed by atoms with Crippen LogP contribution in [-0.4, -0.2) is 63.8 Å². The van der Waals surface area contributed by atoms with Gasteiger partial charge in [0.15, 0.2) is 0 Å². The third kappa shape index (κ3) is 7.43. The second kappa shape index (κ2) is 12.4. The smallest absolute Gasteiger partial charge is 0.237 e. The van der Waals surface area contributed by atoms with Crippen molar-refractivity contribution in [3.8, 4) is 0 Å². The molecule has 1 aliphatic heterocycles. The van der Waals surface area contributed by atoms with Gasteiger partial charge in [-0.15, -0.1) is 0 Å². The van der Waals surface area contributed by atoms with Crippen molar-refractivity contribution in [3.63, 3.8) is 0 Å². The van der Waals surface area contributed by atoms with Crippen LogP contribution in [0.5, 0.6) is 0 Å². The number of carbonyl (C=O) groups is 2. The van der Waals surface area contributed by atoms with Gasteiger partial charge >= 0.3 is 0 Å². The first-order valence-corrected chi connectivity index (χ1v) is 13.9. The van der Waals surface area contributed by atoms with Crippen molar-refractivity contribution in [2.45, 2.75) is 89.1 Å². The maximum atomic E-state index is 13.6. The number of benzene rings is 2. The van der Waals surface area contributed by atoms with Crippen LogP contribution >= 0.6 is 0 Å². The monoisotopic (exact) mass is 521 g/mol. The lowest BCUT2D eigenvalue weighted by Crippen LogP contribution is -2.55. The largest absolute Gasteiger partial charge is 0.392 e. The van der Waals surface area contributed by atoms with Crippen molar-refractivity contribution in [1.29, 1.82) is 0 Å². The highest BCUT2D eigenvalue weighted by molar-refractivity contribution is 5.82. The van der Waals surface area contributed by atoms with Crippen molar-refractivity contribution in [3.05, 3.63) is 71.3 Å². The lowest BCUT2D eigenvalue weighted by Gasteiger charge is -2.37. The Kier molecular flexibility index (Phi) is 9.23. The molecule has 0 aromatic heterocycles. The normalized spacial score (nSPS) is 23.3. The summed E-state index contributed by atoms with van der Waals surface area (Å²) >= 11 is 0. The summed E-state index contributed by atoms with van der Waals surface area (Å²) in [5.41, 5.74) is 2.71. The molecular weight excluding hydrogens is 478 g/mol. The summed E-state index contributed by atoms with van der Waals surface area (Å²) in [6.07, 6.45) is 2.57. The fourth-order valence-electron chi connectivity index (χ4n) is 5.83. The van der Waals surface area contributed by atoms with Crippen LogP contribution in [0.1, 0.15) is 69.2 Å². The molecule has 0 unspecified atom stereocenters. The van der Waals surface area contributed by atoms with E-state index >= 15 is 0 Å². The minimum Gasteiger partial charge on any atom is -0.392 e. The zero-order chi connectivity index (χ0) is 27.3. The van der Waals surface area contributed by atoms with Crippen LogP contribution in [0.2, 0.25) is 0 Å². The van der Waals surface area contributed by atoms with Crippen molar-refractivity contribution < 1.29 is 19.8 Å². The number of rotatable bonds is 9. The average Bonchev–Trinajstić information content (AvgIpc) is 3.18. The standard InChI is InChI=1S/C31H43N3O4/c1-31(2,3)33-30(38)26-15-9-10-16-34(26)20-24(35)18-23(17-21-11-5-4-6-12-21)29(37)32-28-25-14-8-7-13-22(25)19-27(28)36/h4-8,11-14,23-24,26-28,35-36H,9-10,15-20H2,1-3H3,(H,32,37)(H,33,38)/t23-,24-,26-,27+,28-/m0/s1. The maximum absolute atomic E-state index is 13.6. The first-order chi connectivity index (χ1) is 18.1. The molecule has 0 radical (unpaired) electrons. The van der Waals surface area contributed by atoms with E-state index in [2.05, 4.69) is 15.5 Å². The highest BCUT2D eigenvalue weighted by Crippen LogP contribution is 2.32. The van der Waals surface area contributed by atoms with Crippen molar-refractivity contribution in [2.75, 3.05) is 13.1 Å². The van der Waals surface area contributed by atoms with E-state index in [0.717, 1.165) is 42.5 Å². The number of fused-ring (bicyclic) bond motifs is 1. The molecule has 206 valence electrons. The van der Waals surface area contributed by atoms with Crippen LogP contribution in [0, 0.1) is 5.92 Å². The third-order valence-corrected chi connectivity index (χ3v) is 7.61. The van der Waals surface area contributed by atoms with Crippen LogP contribution in [-0.2, 0) is 22.4 Å². The van der Waals surface area contributed by atoms with E-state index in [1.165, 1.54) is 0 Å². The van der Waals surface area contributed by atoms with Gasteiger partial charge in [0.05, 0.1) is 24.3 Å². The van der Waals surface area contributed by atoms with Gasteiger partial charge in [-0.05, 0) is 69.7 Å². The number of aliphatic hydroxyl groups is 2. The highest BCUT2D eigenvalue weighted by atomic mass is 16.3. The topological polar surface area (TPSA) is 102 Å². The predicted octanol–water partition coefficient (Wildman–Crippen LogP) is 3.14. The minimum atomic E-state index is -0.765. The van der Waals surface area contributed by atoms with Gasteiger partial charge in [-0.25, -0.2) is 0 Å². The molecule has 7 heteroatoms. The number of hydrogen-bond acceptors (Lipinski definition) is 5. The predicted molar refractivity (Wildman–Crippen MR) is 148 cm³/mol. The molecule has 0 saturated carbocycles. The number of carbonyl (C=O) groups excluding carboxylic acids is 2. The Morgan fingerprint density at radius 3 is 2.50 bits per heavy atom. The molecule has 1 aliphatic carbocycles. The number of likely N-dealkylation sites (tertiary alicyclic amines) is 1. The summed E-state index contributed by atoms with van der Waals surface area (Å²) in [5.74, 6) is -0.648. The van der Waals surface area contributed by atoms with E-state index in [9.17, 15) is 19.8 Å². The van der Waals surface area contributed by atoms with Gasteiger partial charge in [0.2, 0.25) is 11.8 Å². The molecule has 4 rings (SSSR count). The van der Waals surface area contributed by atoms with Gasteiger partial charge in [-0.3, -0.25) is 14.5 Å². The number of nitrogens with one attached hydrogen (secondary N) is 2. The van der Waals surface area contributed by atoms with Gasteiger partial charge in [-0.2, -0.15) is 0 Å². The van der Waals surface area contributed by atoms with Gasteiger partial charge in [-0.1, -0.05) is 61.0 Å². The number of hydrogen-bond donors (Lipinski definition) is 4. The number of β-amino-alcohol motifs (C(OH)–C–C–N with tert-alkyl or cyclic N) is 1. The van der Waals surface area contributed by atoms with Gasteiger partial charge in [0.25, 0.3) is 0 Å². The molecule has 7 nitrogen and oxygen atoms in total. The Hall–Kier alpha value is -2.74. The Bertz CT molecular complexity index is 1080. The molecule has 1 heterocycles. The molecule has 0 spiro atoms. The maximum Gasteiger partial charge on any atom is 0.237 e. The summed E-state index contributed by atoms with van der Waals surface area (Å²) in [4.78, 5) is 28.7. The lowest BCUT2D eigenvalue weighted by molar-refractivity contribution is -0.131. The molecule has 38 heavy (non-hydrogen) atoms. The molecule has 2 amide bonds. The van der Waals surface area contributed by atoms with Crippen molar-refractivity contribution in [2.24, 2.45) is 5.92 Å². The molecule has 5 atom stereocenters. The Morgan fingerprint density at radius 2 is 1.76 bits per heavy atom. The minimum absolute atomic E-state index is 0.00290. The van der Waals surface area contributed by atoms with Crippen molar-refractivity contribution >= 4 is 11.8 Å². The van der Waals surface area contributed by atoms with E-state index in [-0.39, 0.29) is 29.8 Å². The molecule has 4 N–H and O–H groups in total. The zero-order valence-corrected chi connectivity index (χ0v) is 22.9. The number of aliphatic hydroxyl groups excluding tert-OH is 2. The summed E-state index contributed by atoms with van der Waals surface area (Å²) in [5, 5.41) is 28.1. The summed E-state index contributed by atoms with van der Waals surface area (Å²) in [7, 11) is 0. The molecule has 1 saturated heterocycles. The van der Waals surface area contributed by atoms with Gasteiger partial charge in [0, 0.05) is 24.4 Å². The Balaban J connectivity index is 1.45. The Labute approximate surface area is 226 Å². The quantitative estimate of drug-likeness (QED) is 0.406. The highest BCUT2D eigenvalue weighted by Gasteiger charge is 2.35. The number of amides is 2. The molecular formula is C31H43N3O4. The SMILES string of the molecule is CC(C)(C)NC(=O)[C@@H]1CCCCN1C[C@@H](O)C[C@H](Cc1ccccc1)C(=O)N[C@H]1c2ccccc2C[C@H]1O. The molecule has 2 aliphatic rings. The first-order valence-electron chi connectivity index (χ1n) is 13.9. The van der Waals surface area contributed by atoms with E-state index in [0.29, 0.717) is 19.4 Å². The van der Waals surface area contributed by atoms with E-state index in [1.54, 1.807) is 0 Å². The molecule has 0 bridgehead atoms.